The summed E-state index contributed by atoms with van der Waals surface area (Å²) in [5, 5.41) is 0. The van der Waals surface area contributed by atoms with Gasteiger partial charge < -0.3 is 11.5 Å². The standard InChI is InChI=1S/C11H21N3O/c1-11(10(13)15)5-6-14(7-11)9-4-2-3-8(9)12/h8-9H,2-7,12H2,1H3,(H2,13,15). The summed E-state index contributed by atoms with van der Waals surface area (Å²) in [6.07, 6.45) is 4.39. The van der Waals surface area contributed by atoms with Crippen molar-refractivity contribution < 1.29 is 4.79 Å². The van der Waals surface area contributed by atoms with Crippen LogP contribution in [0.4, 0.5) is 0 Å². The van der Waals surface area contributed by atoms with Crippen molar-refractivity contribution in [1.29, 1.82) is 0 Å². The molecular formula is C11H21N3O. The molecule has 1 aliphatic carbocycles. The molecule has 1 heterocycles. The smallest absolute Gasteiger partial charge is 0.224 e. The second-order valence-electron chi connectivity index (χ2n) is 5.31. The fourth-order valence-corrected chi connectivity index (χ4v) is 2.90. The van der Waals surface area contributed by atoms with Gasteiger partial charge >= 0.3 is 0 Å². The van der Waals surface area contributed by atoms with E-state index in [-0.39, 0.29) is 11.3 Å². The number of primary amides is 1. The van der Waals surface area contributed by atoms with Gasteiger partial charge in [0.15, 0.2) is 0 Å². The molecule has 0 spiro atoms. The number of hydrogen-bond donors (Lipinski definition) is 2. The first-order valence-corrected chi connectivity index (χ1v) is 5.82. The van der Waals surface area contributed by atoms with E-state index in [0.717, 1.165) is 25.9 Å². The molecule has 0 aromatic rings. The summed E-state index contributed by atoms with van der Waals surface area (Å²) in [6, 6.07) is 0.770. The lowest BCUT2D eigenvalue weighted by Crippen LogP contribution is -2.45. The predicted octanol–water partition coefficient (Wildman–Crippen LogP) is 0.0635. The maximum absolute atomic E-state index is 11.3. The second kappa shape index (κ2) is 3.76. The van der Waals surface area contributed by atoms with E-state index in [9.17, 15) is 4.79 Å². The third kappa shape index (κ3) is 1.88. The molecule has 2 rings (SSSR count). The van der Waals surface area contributed by atoms with Crippen molar-refractivity contribution >= 4 is 5.91 Å². The fraction of sp³-hybridized carbons (Fsp3) is 0.909. The first-order chi connectivity index (χ1) is 7.03. The minimum atomic E-state index is -0.331. The number of amides is 1. The van der Waals surface area contributed by atoms with Crippen molar-refractivity contribution in [2.75, 3.05) is 13.1 Å². The van der Waals surface area contributed by atoms with Gasteiger partial charge in [0.05, 0.1) is 5.41 Å². The van der Waals surface area contributed by atoms with Gasteiger partial charge in [0.1, 0.15) is 0 Å². The Kier molecular flexibility index (Phi) is 2.73. The zero-order valence-electron chi connectivity index (χ0n) is 9.41. The number of carbonyl (C=O) groups is 1. The van der Waals surface area contributed by atoms with Gasteiger partial charge in [-0.2, -0.15) is 0 Å². The monoisotopic (exact) mass is 211 g/mol. The zero-order chi connectivity index (χ0) is 11.1. The molecule has 2 fully saturated rings. The molecule has 15 heavy (non-hydrogen) atoms. The van der Waals surface area contributed by atoms with Gasteiger partial charge in [0, 0.05) is 18.6 Å². The van der Waals surface area contributed by atoms with Crippen LogP contribution in [0, 0.1) is 5.41 Å². The Balaban J connectivity index is 2.00. The number of nitrogens with zero attached hydrogens (tertiary/aromatic N) is 1. The van der Waals surface area contributed by atoms with Crippen LogP contribution in [0.1, 0.15) is 32.6 Å². The molecule has 1 saturated carbocycles. The summed E-state index contributed by atoms with van der Waals surface area (Å²) < 4.78 is 0. The maximum atomic E-state index is 11.3. The molecule has 3 atom stereocenters. The lowest BCUT2D eigenvalue weighted by atomic mass is 9.89. The van der Waals surface area contributed by atoms with Crippen LogP contribution in [0.5, 0.6) is 0 Å². The van der Waals surface area contributed by atoms with Crippen molar-refractivity contribution in [3.63, 3.8) is 0 Å². The quantitative estimate of drug-likeness (QED) is 0.678. The van der Waals surface area contributed by atoms with Crippen molar-refractivity contribution in [1.82, 2.24) is 4.90 Å². The lowest BCUT2D eigenvalue weighted by Gasteiger charge is -2.28. The molecule has 1 saturated heterocycles. The summed E-state index contributed by atoms with van der Waals surface area (Å²) >= 11 is 0. The van der Waals surface area contributed by atoms with Gasteiger partial charge in [-0.3, -0.25) is 9.69 Å². The van der Waals surface area contributed by atoms with E-state index < -0.39 is 0 Å². The third-order valence-electron chi connectivity index (χ3n) is 4.10. The van der Waals surface area contributed by atoms with Gasteiger partial charge in [0.2, 0.25) is 5.91 Å². The Labute approximate surface area is 91.0 Å². The molecule has 0 aromatic heterocycles. The van der Waals surface area contributed by atoms with Gasteiger partial charge in [0.25, 0.3) is 0 Å². The first-order valence-electron chi connectivity index (χ1n) is 5.82. The van der Waals surface area contributed by atoms with Crippen LogP contribution in [-0.2, 0) is 4.79 Å². The number of likely N-dealkylation sites (tertiary alicyclic amines) is 1. The van der Waals surface area contributed by atoms with E-state index >= 15 is 0 Å². The Hall–Kier alpha value is -0.610. The highest BCUT2D eigenvalue weighted by Crippen LogP contribution is 2.34. The van der Waals surface area contributed by atoms with Crippen LogP contribution in [0.2, 0.25) is 0 Å². The van der Waals surface area contributed by atoms with Crippen molar-refractivity contribution in [3.8, 4) is 0 Å². The highest BCUT2D eigenvalue weighted by molar-refractivity contribution is 5.81. The fourth-order valence-electron chi connectivity index (χ4n) is 2.90. The van der Waals surface area contributed by atoms with Gasteiger partial charge in [-0.05, 0) is 32.7 Å². The summed E-state index contributed by atoms with van der Waals surface area (Å²) in [6.45, 7) is 3.73. The van der Waals surface area contributed by atoms with Gasteiger partial charge in [-0.1, -0.05) is 6.42 Å². The molecule has 4 N–H and O–H groups in total. The Bertz CT molecular complexity index is 269. The molecule has 0 radical (unpaired) electrons. The molecule has 86 valence electrons. The molecule has 2 aliphatic rings. The highest BCUT2D eigenvalue weighted by Gasteiger charge is 2.43. The molecule has 0 bridgehead atoms. The van der Waals surface area contributed by atoms with Crippen LogP contribution < -0.4 is 11.5 Å². The summed E-state index contributed by atoms with van der Waals surface area (Å²) in [5.74, 6) is -0.170. The molecule has 0 aromatic carbocycles. The minimum Gasteiger partial charge on any atom is -0.369 e. The maximum Gasteiger partial charge on any atom is 0.224 e. The molecule has 3 unspecified atom stereocenters. The molecule has 4 nitrogen and oxygen atoms in total. The number of carbonyl (C=O) groups excluding carboxylic acids is 1. The topological polar surface area (TPSA) is 72.4 Å². The normalized spacial score (nSPS) is 42.3. The summed E-state index contributed by atoms with van der Waals surface area (Å²) in [7, 11) is 0. The number of nitrogens with two attached hydrogens (primary N) is 2. The molecule has 1 aliphatic heterocycles. The number of rotatable bonds is 2. The van der Waals surface area contributed by atoms with E-state index in [1.807, 2.05) is 6.92 Å². The predicted molar refractivity (Wildman–Crippen MR) is 59.1 cm³/mol. The number of hydrogen-bond acceptors (Lipinski definition) is 3. The van der Waals surface area contributed by atoms with E-state index in [2.05, 4.69) is 4.90 Å². The lowest BCUT2D eigenvalue weighted by molar-refractivity contribution is -0.126. The molecular weight excluding hydrogens is 190 g/mol. The SMILES string of the molecule is CC1(C(N)=O)CCN(C2CCCC2N)C1. The van der Waals surface area contributed by atoms with Crippen LogP contribution in [-0.4, -0.2) is 36.0 Å². The average Bonchev–Trinajstić information content (AvgIpc) is 2.73. The Morgan fingerprint density at radius 1 is 1.47 bits per heavy atom. The largest absolute Gasteiger partial charge is 0.369 e. The second-order valence-corrected chi connectivity index (χ2v) is 5.31. The van der Waals surface area contributed by atoms with E-state index in [4.69, 9.17) is 11.5 Å². The summed E-state index contributed by atoms with van der Waals surface area (Å²) in [4.78, 5) is 13.7. The zero-order valence-corrected chi connectivity index (χ0v) is 9.41. The van der Waals surface area contributed by atoms with Crippen molar-refractivity contribution in [2.45, 2.75) is 44.7 Å². The third-order valence-corrected chi connectivity index (χ3v) is 4.10. The van der Waals surface area contributed by atoms with Crippen molar-refractivity contribution in [3.05, 3.63) is 0 Å². The van der Waals surface area contributed by atoms with Crippen LogP contribution in [0.15, 0.2) is 0 Å². The molecule has 4 heteroatoms. The van der Waals surface area contributed by atoms with E-state index in [1.165, 1.54) is 12.8 Å². The minimum absolute atomic E-state index is 0.170. The van der Waals surface area contributed by atoms with Crippen LogP contribution in [0.3, 0.4) is 0 Å². The van der Waals surface area contributed by atoms with Gasteiger partial charge in [-0.25, -0.2) is 0 Å². The molecule has 1 amide bonds. The Morgan fingerprint density at radius 3 is 2.67 bits per heavy atom. The highest BCUT2D eigenvalue weighted by atomic mass is 16.1. The van der Waals surface area contributed by atoms with Crippen molar-refractivity contribution in [2.24, 2.45) is 16.9 Å². The summed E-state index contributed by atoms with van der Waals surface area (Å²) in [5.41, 5.74) is 11.2. The van der Waals surface area contributed by atoms with E-state index in [1.54, 1.807) is 0 Å². The average molecular weight is 211 g/mol. The van der Waals surface area contributed by atoms with E-state index in [0.29, 0.717) is 12.1 Å². The Morgan fingerprint density at radius 2 is 2.20 bits per heavy atom. The van der Waals surface area contributed by atoms with Gasteiger partial charge in [-0.15, -0.1) is 0 Å². The van der Waals surface area contributed by atoms with Crippen LogP contribution in [0.25, 0.3) is 0 Å². The van der Waals surface area contributed by atoms with Crippen LogP contribution >= 0.6 is 0 Å². The first kappa shape index (κ1) is 10.9.